The Bertz CT molecular complexity index is 877. The van der Waals surface area contributed by atoms with Crippen molar-refractivity contribution in [3.63, 3.8) is 0 Å². The second kappa shape index (κ2) is 5.32. The molecule has 0 saturated heterocycles. The lowest BCUT2D eigenvalue weighted by atomic mass is 10.1. The van der Waals surface area contributed by atoms with Gasteiger partial charge in [-0.1, -0.05) is 24.8 Å². The first-order valence-corrected chi connectivity index (χ1v) is 6.52. The molecule has 0 fully saturated rings. The van der Waals surface area contributed by atoms with Crippen LogP contribution >= 0.6 is 0 Å². The van der Waals surface area contributed by atoms with Gasteiger partial charge in [-0.05, 0) is 24.3 Å². The molecule has 4 nitrogen and oxygen atoms in total. The maximum absolute atomic E-state index is 12.7. The molecule has 0 unspecified atom stereocenters. The minimum atomic E-state index is -0.134. The molecule has 0 amide bonds. The van der Waals surface area contributed by atoms with Crippen LogP contribution in [0.25, 0.3) is 21.9 Å². The van der Waals surface area contributed by atoms with Crippen LogP contribution in [0.1, 0.15) is 0 Å². The summed E-state index contributed by atoms with van der Waals surface area (Å²) in [6.45, 7) is 3.90. The van der Waals surface area contributed by atoms with Gasteiger partial charge >= 0.3 is 0 Å². The molecular formula is C17H14O4. The second-order valence-corrected chi connectivity index (χ2v) is 4.50. The van der Waals surface area contributed by atoms with Crippen LogP contribution in [0.5, 0.6) is 11.5 Å². The molecule has 0 aliphatic heterocycles. The van der Waals surface area contributed by atoms with Crippen molar-refractivity contribution >= 4 is 21.9 Å². The third-order valence-corrected chi connectivity index (χ3v) is 3.23. The van der Waals surface area contributed by atoms with E-state index in [-0.39, 0.29) is 12.0 Å². The molecule has 0 N–H and O–H groups in total. The molecule has 0 saturated carbocycles. The van der Waals surface area contributed by atoms with Crippen LogP contribution in [0.3, 0.4) is 0 Å². The van der Waals surface area contributed by atoms with Gasteiger partial charge in [0.1, 0.15) is 23.2 Å². The SMILES string of the molecule is C=CCOc1c(OC)ccc2oc3ccccc3c(=O)c12. The summed E-state index contributed by atoms with van der Waals surface area (Å²) in [6, 6.07) is 10.6. The molecule has 0 aliphatic carbocycles. The van der Waals surface area contributed by atoms with Crippen LogP contribution in [0.15, 0.2) is 58.3 Å². The smallest absolute Gasteiger partial charge is 0.204 e. The fourth-order valence-electron chi connectivity index (χ4n) is 2.29. The molecule has 1 aromatic heterocycles. The van der Waals surface area contributed by atoms with Crippen molar-refractivity contribution in [2.24, 2.45) is 0 Å². The van der Waals surface area contributed by atoms with E-state index in [1.54, 1.807) is 36.4 Å². The monoisotopic (exact) mass is 282 g/mol. The minimum absolute atomic E-state index is 0.134. The van der Waals surface area contributed by atoms with E-state index in [0.29, 0.717) is 33.4 Å². The maximum atomic E-state index is 12.7. The first kappa shape index (κ1) is 13.2. The highest BCUT2D eigenvalue weighted by Crippen LogP contribution is 2.35. The molecule has 0 atom stereocenters. The molecule has 3 rings (SSSR count). The number of ether oxygens (including phenoxy) is 2. The quantitative estimate of drug-likeness (QED) is 0.542. The first-order chi connectivity index (χ1) is 10.3. The Morgan fingerprint density at radius 1 is 1.19 bits per heavy atom. The summed E-state index contributed by atoms with van der Waals surface area (Å²) in [4.78, 5) is 12.7. The molecule has 0 bridgehead atoms. The second-order valence-electron chi connectivity index (χ2n) is 4.50. The van der Waals surface area contributed by atoms with Gasteiger partial charge in [0, 0.05) is 0 Å². The number of para-hydroxylation sites is 1. The first-order valence-electron chi connectivity index (χ1n) is 6.52. The van der Waals surface area contributed by atoms with Crippen molar-refractivity contribution < 1.29 is 13.9 Å². The van der Waals surface area contributed by atoms with Gasteiger partial charge in [0.2, 0.25) is 5.43 Å². The highest BCUT2D eigenvalue weighted by Gasteiger charge is 2.16. The van der Waals surface area contributed by atoms with Gasteiger partial charge in [-0.15, -0.1) is 0 Å². The van der Waals surface area contributed by atoms with E-state index in [4.69, 9.17) is 13.9 Å². The Labute approximate surface area is 121 Å². The van der Waals surface area contributed by atoms with Crippen molar-refractivity contribution in [3.8, 4) is 11.5 Å². The van der Waals surface area contributed by atoms with Crippen molar-refractivity contribution in [1.29, 1.82) is 0 Å². The molecule has 3 aromatic rings. The Hall–Kier alpha value is -2.75. The zero-order valence-corrected chi connectivity index (χ0v) is 11.6. The van der Waals surface area contributed by atoms with Crippen LogP contribution < -0.4 is 14.9 Å². The Balaban J connectivity index is 2.42. The molecule has 0 radical (unpaired) electrons. The summed E-state index contributed by atoms with van der Waals surface area (Å²) < 4.78 is 16.7. The normalized spacial score (nSPS) is 10.7. The van der Waals surface area contributed by atoms with Gasteiger partial charge in [0.05, 0.1) is 12.5 Å². The Morgan fingerprint density at radius 2 is 2.00 bits per heavy atom. The predicted octanol–water partition coefficient (Wildman–Crippen LogP) is 3.52. The maximum Gasteiger partial charge on any atom is 0.204 e. The van der Waals surface area contributed by atoms with Crippen LogP contribution in [-0.4, -0.2) is 13.7 Å². The predicted molar refractivity (Wildman–Crippen MR) is 82.2 cm³/mol. The number of methoxy groups -OCH3 is 1. The third kappa shape index (κ3) is 2.14. The van der Waals surface area contributed by atoms with Crippen molar-refractivity contribution in [1.82, 2.24) is 0 Å². The number of fused-ring (bicyclic) bond motifs is 2. The van der Waals surface area contributed by atoms with Gasteiger partial charge in [0.15, 0.2) is 11.5 Å². The molecule has 2 aromatic carbocycles. The van der Waals surface area contributed by atoms with Crippen LogP contribution in [0.2, 0.25) is 0 Å². The molecule has 21 heavy (non-hydrogen) atoms. The van der Waals surface area contributed by atoms with Gasteiger partial charge in [0.25, 0.3) is 0 Å². The fourth-order valence-corrected chi connectivity index (χ4v) is 2.29. The lowest BCUT2D eigenvalue weighted by molar-refractivity contribution is 0.330. The van der Waals surface area contributed by atoms with E-state index in [1.165, 1.54) is 7.11 Å². The zero-order valence-electron chi connectivity index (χ0n) is 11.6. The van der Waals surface area contributed by atoms with Gasteiger partial charge in [-0.3, -0.25) is 4.79 Å². The minimum Gasteiger partial charge on any atom is -0.493 e. The molecule has 1 heterocycles. The summed E-state index contributed by atoms with van der Waals surface area (Å²) in [5, 5.41) is 0.900. The largest absolute Gasteiger partial charge is 0.493 e. The molecule has 4 heteroatoms. The van der Waals surface area contributed by atoms with Crippen LogP contribution in [-0.2, 0) is 0 Å². The lowest BCUT2D eigenvalue weighted by Gasteiger charge is -2.12. The summed E-state index contributed by atoms with van der Waals surface area (Å²) in [6.07, 6.45) is 1.61. The molecule has 0 aliphatic rings. The molecule has 0 spiro atoms. The average molecular weight is 282 g/mol. The van der Waals surface area contributed by atoms with Gasteiger partial charge in [-0.2, -0.15) is 0 Å². The fraction of sp³-hybridized carbons (Fsp3) is 0.118. The Kier molecular flexibility index (Phi) is 3.36. The van der Waals surface area contributed by atoms with Gasteiger partial charge in [-0.25, -0.2) is 0 Å². The summed E-state index contributed by atoms with van der Waals surface area (Å²) in [5.74, 6) is 0.876. The standard InChI is InChI=1S/C17H14O4/c1-3-10-20-17-14(19-2)9-8-13-15(17)16(18)11-6-4-5-7-12(11)21-13/h3-9H,1,10H2,2H3. The van der Waals surface area contributed by atoms with E-state index in [1.807, 2.05) is 6.07 Å². The third-order valence-electron chi connectivity index (χ3n) is 3.23. The topological polar surface area (TPSA) is 48.7 Å². The Morgan fingerprint density at radius 3 is 2.76 bits per heavy atom. The van der Waals surface area contributed by atoms with E-state index < -0.39 is 0 Å². The van der Waals surface area contributed by atoms with E-state index in [2.05, 4.69) is 6.58 Å². The van der Waals surface area contributed by atoms with E-state index in [0.717, 1.165) is 0 Å². The van der Waals surface area contributed by atoms with Crippen LogP contribution in [0.4, 0.5) is 0 Å². The van der Waals surface area contributed by atoms with Crippen molar-refractivity contribution in [2.75, 3.05) is 13.7 Å². The van der Waals surface area contributed by atoms with E-state index in [9.17, 15) is 4.79 Å². The number of hydrogen-bond donors (Lipinski definition) is 0. The summed E-state index contributed by atoms with van der Waals surface area (Å²) in [7, 11) is 1.53. The number of benzene rings is 2. The average Bonchev–Trinajstić information content (AvgIpc) is 2.52. The zero-order chi connectivity index (χ0) is 14.8. The number of hydrogen-bond acceptors (Lipinski definition) is 4. The highest BCUT2D eigenvalue weighted by molar-refractivity contribution is 5.94. The lowest BCUT2D eigenvalue weighted by Crippen LogP contribution is -2.06. The van der Waals surface area contributed by atoms with Crippen LogP contribution in [0, 0.1) is 0 Å². The summed E-state index contributed by atoms with van der Waals surface area (Å²) in [5.41, 5.74) is 0.887. The van der Waals surface area contributed by atoms with Gasteiger partial charge < -0.3 is 13.9 Å². The van der Waals surface area contributed by atoms with Crippen molar-refractivity contribution in [3.05, 3.63) is 59.3 Å². The highest BCUT2D eigenvalue weighted by atomic mass is 16.5. The van der Waals surface area contributed by atoms with E-state index >= 15 is 0 Å². The molecule has 106 valence electrons. The van der Waals surface area contributed by atoms with Crippen molar-refractivity contribution in [2.45, 2.75) is 0 Å². The molecular weight excluding hydrogens is 268 g/mol. The number of rotatable bonds is 4. The summed E-state index contributed by atoms with van der Waals surface area (Å²) >= 11 is 0.